The zero-order chi connectivity index (χ0) is 33.8. The number of hydrogen-bond donors (Lipinski definition) is 0. The first-order chi connectivity index (χ1) is 22.8. The first-order valence-corrected chi connectivity index (χ1v) is 20.0. The van der Waals surface area contributed by atoms with Crippen LogP contribution in [0.5, 0.6) is 0 Å². The molecule has 6 rings (SSSR count). The number of fused-ring (bicyclic) bond motifs is 2. The molecule has 0 aliphatic heterocycles. The van der Waals surface area contributed by atoms with E-state index in [1.165, 1.54) is 105 Å². The molecule has 0 aromatic heterocycles. The second-order valence-electron chi connectivity index (χ2n) is 13.5. The van der Waals surface area contributed by atoms with Crippen LogP contribution in [-0.2, 0) is 39.0 Å². The van der Waals surface area contributed by atoms with E-state index in [-0.39, 0.29) is 26.2 Å². The quantitative estimate of drug-likeness (QED) is 0.0973. The largest absolute Gasteiger partial charge is 2.00 e. The zero-order valence-corrected chi connectivity index (χ0v) is 34.2. The summed E-state index contributed by atoms with van der Waals surface area (Å²) < 4.78 is 0. The Kier molecular flexibility index (Phi) is 16.5. The molecule has 2 radical (unpaired) electrons. The average molecular weight is 728 g/mol. The molecule has 0 heterocycles. The maximum Gasteiger partial charge on any atom is 2.00 e. The first-order valence-electron chi connectivity index (χ1n) is 18.0. The SMILES string of the molecule is CCCCc1ccccc1-c1cccc2[cH-]c(C(C)C)cc12.CCCCc1ccccc1-c1cccc2[cH-]c(C(C)C)cc12.C[Si]C.[Zr+2]. The van der Waals surface area contributed by atoms with Gasteiger partial charge in [-0.15, -0.1) is 69.1 Å². The van der Waals surface area contributed by atoms with Crippen LogP contribution in [0.2, 0.25) is 13.1 Å². The molecule has 0 amide bonds. The van der Waals surface area contributed by atoms with Crippen molar-refractivity contribution in [1.82, 2.24) is 0 Å². The normalized spacial score (nSPS) is 10.9. The maximum atomic E-state index is 2.38. The summed E-state index contributed by atoms with van der Waals surface area (Å²) in [5.74, 6) is 1.16. The molecular formula is C46H56SiZr. The summed E-state index contributed by atoms with van der Waals surface area (Å²) in [6.07, 6.45) is 7.33. The summed E-state index contributed by atoms with van der Waals surface area (Å²) in [4.78, 5) is 0. The van der Waals surface area contributed by atoms with Crippen LogP contribution in [0.15, 0.2) is 109 Å². The maximum absolute atomic E-state index is 2.38. The van der Waals surface area contributed by atoms with E-state index >= 15 is 0 Å². The van der Waals surface area contributed by atoms with Crippen molar-refractivity contribution in [2.75, 3.05) is 0 Å². The summed E-state index contributed by atoms with van der Waals surface area (Å²) in [6, 6.07) is 40.7. The van der Waals surface area contributed by atoms with Crippen molar-refractivity contribution >= 4 is 31.1 Å². The molecule has 248 valence electrons. The number of hydrogen-bond acceptors (Lipinski definition) is 0. The molecule has 0 aliphatic rings. The summed E-state index contributed by atoms with van der Waals surface area (Å²) in [6.45, 7) is 17.9. The van der Waals surface area contributed by atoms with Crippen molar-refractivity contribution in [2.45, 2.75) is 105 Å². The molecule has 0 saturated carbocycles. The Hall–Kier alpha value is -2.80. The van der Waals surface area contributed by atoms with Crippen LogP contribution in [-0.4, -0.2) is 9.52 Å². The summed E-state index contributed by atoms with van der Waals surface area (Å²) >= 11 is 0. The number of aryl methyl sites for hydroxylation is 2. The van der Waals surface area contributed by atoms with E-state index in [1.54, 1.807) is 0 Å². The van der Waals surface area contributed by atoms with E-state index in [2.05, 4.69) is 164 Å². The van der Waals surface area contributed by atoms with E-state index in [0.29, 0.717) is 11.8 Å². The molecule has 48 heavy (non-hydrogen) atoms. The Bertz CT molecular complexity index is 1680. The molecule has 0 unspecified atom stereocenters. The van der Waals surface area contributed by atoms with Gasteiger partial charge in [-0.3, -0.25) is 0 Å². The monoisotopic (exact) mass is 726 g/mol. The fraction of sp³-hybridized carbons (Fsp3) is 0.348. The van der Waals surface area contributed by atoms with Crippen molar-refractivity contribution < 1.29 is 26.2 Å². The van der Waals surface area contributed by atoms with Crippen molar-refractivity contribution in [3.8, 4) is 22.3 Å². The van der Waals surface area contributed by atoms with Gasteiger partial charge in [-0.1, -0.05) is 139 Å². The molecule has 0 aliphatic carbocycles. The van der Waals surface area contributed by atoms with Gasteiger partial charge >= 0.3 is 26.2 Å². The van der Waals surface area contributed by atoms with Crippen molar-refractivity contribution in [2.24, 2.45) is 0 Å². The van der Waals surface area contributed by atoms with Gasteiger partial charge in [0.2, 0.25) is 0 Å². The van der Waals surface area contributed by atoms with Crippen molar-refractivity contribution in [1.29, 1.82) is 0 Å². The number of rotatable bonds is 10. The molecule has 0 nitrogen and oxygen atoms in total. The van der Waals surface area contributed by atoms with E-state index in [0.717, 1.165) is 9.52 Å². The minimum atomic E-state index is 0. The minimum absolute atomic E-state index is 0. The van der Waals surface area contributed by atoms with Gasteiger partial charge in [0.25, 0.3) is 0 Å². The van der Waals surface area contributed by atoms with E-state index in [9.17, 15) is 0 Å². The molecule has 0 N–H and O–H groups in total. The Morgan fingerprint density at radius 2 is 0.875 bits per heavy atom. The van der Waals surface area contributed by atoms with Gasteiger partial charge in [0, 0.05) is 9.52 Å². The Morgan fingerprint density at radius 1 is 0.521 bits per heavy atom. The standard InChI is InChI=1S/2C22H25.C2H6Si.Zr/c2*1-4-5-9-17-10-6-7-12-20(17)21-13-8-11-18-14-19(16(2)3)15-22(18)21;1-3-2;/h2*6-8,10-16H,4-5,9H2,1-3H3;1-2H3;/q2*-1;;+2. The molecule has 0 fully saturated rings. The molecule has 6 aromatic rings. The molecule has 6 aromatic carbocycles. The Labute approximate surface area is 314 Å². The minimum Gasteiger partial charge on any atom is -0.164 e. The van der Waals surface area contributed by atoms with Crippen molar-refractivity contribution in [3.63, 3.8) is 0 Å². The third-order valence-electron chi connectivity index (χ3n) is 9.09. The van der Waals surface area contributed by atoms with Crippen LogP contribution in [0.25, 0.3) is 43.8 Å². The average Bonchev–Trinajstić information content (AvgIpc) is 3.73. The molecule has 0 bridgehead atoms. The summed E-state index contributed by atoms with van der Waals surface area (Å²) in [5.41, 5.74) is 11.4. The second-order valence-corrected chi connectivity index (χ2v) is 14.5. The fourth-order valence-electron chi connectivity index (χ4n) is 6.39. The number of benzene rings is 4. The van der Waals surface area contributed by atoms with Gasteiger partial charge in [-0.25, -0.2) is 0 Å². The summed E-state index contributed by atoms with van der Waals surface area (Å²) in [5, 5.41) is 5.53. The predicted octanol–water partition coefficient (Wildman–Crippen LogP) is 14.2. The van der Waals surface area contributed by atoms with Gasteiger partial charge in [0.1, 0.15) is 0 Å². The van der Waals surface area contributed by atoms with Crippen LogP contribution in [0.1, 0.15) is 101 Å². The molecular weight excluding hydrogens is 672 g/mol. The first kappa shape index (κ1) is 39.6. The third-order valence-corrected chi connectivity index (χ3v) is 9.09. The van der Waals surface area contributed by atoms with Gasteiger partial charge in [0.05, 0.1) is 0 Å². The van der Waals surface area contributed by atoms with E-state index in [4.69, 9.17) is 0 Å². The van der Waals surface area contributed by atoms with Crippen LogP contribution in [0, 0.1) is 0 Å². The van der Waals surface area contributed by atoms with E-state index in [1.807, 2.05) is 0 Å². The van der Waals surface area contributed by atoms with Crippen LogP contribution in [0.3, 0.4) is 0 Å². The Balaban J connectivity index is 0.000000236. The fourth-order valence-corrected chi connectivity index (χ4v) is 6.39. The van der Waals surface area contributed by atoms with Crippen LogP contribution < -0.4 is 0 Å². The second kappa shape index (κ2) is 20.0. The summed E-state index contributed by atoms with van der Waals surface area (Å²) in [7, 11) is 1.08. The predicted molar refractivity (Wildman–Crippen MR) is 213 cm³/mol. The molecule has 0 atom stereocenters. The molecule has 0 spiro atoms. The van der Waals surface area contributed by atoms with Crippen LogP contribution >= 0.6 is 0 Å². The molecule has 2 heteroatoms. The van der Waals surface area contributed by atoms with E-state index < -0.39 is 0 Å². The van der Waals surface area contributed by atoms with Gasteiger partial charge in [-0.2, -0.15) is 12.1 Å². The zero-order valence-electron chi connectivity index (χ0n) is 30.8. The Morgan fingerprint density at radius 3 is 1.23 bits per heavy atom. The third kappa shape index (κ3) is 10.1. The van der Waals surface area contributed by atoms with Gasteiger partial charge in [0.15, 0.2) is 0 Å². The van der Waals surface area contributed by atoms with Crippen LogP contribution in [0.4, 0.5) is 0 Å². The molecule has 0 saturated heterocycles. The smallest absolute Gasteiger partial charge is 0.164 e. The van der Waals surface area contributed by atoms with Crippen molar-refractivity contribution in [3.05, 3.63) is 131 Å². The van der Waals surface area contributed by atoms with Gasteiger partial charge in [-0.05, 0) is 59.8 Å². The number of unbranched alkanes of at least 4 members (excludes halogenated alkanes) is 2. The topological polar surface area (TPSA) is 0 Å². The van der Waals surface area contributed by atoms with Gasteiger partial charge < -0.3 is 0 Å².